The molecule has 1 rings (SSSR count). The summed E-state index contributed by atoms with van der Waals surface area (Å²) in [5, 5.41) is 0. The normalized spacial score (nSPS) is 19.7. The predicted molar refractivity (Wildman–Crippen MR) is 53.1 cm³/mol. The number of Topliss-reactive ketones (excluding diaryl/α,β-unsaturated/α-hetero) is 1. The molecule has 1 aliphatic rings. The number of likely N-dealkylation sites (tertiary alicyclic amines) is 1. The third-order valence-electron chi connectivity index (χ3n) is 2.63. The number of carbonyl (C=O) groups is 1. The molecule has 0 unspecified atom stereocenters. The van der Waals surface area contributed by atoms with Gasteiger partial charge in [-0.15, -0.1) is 12.4 Å². The van der Waals surface area contributed by atoms with Crippen LogP contribution in [0.1, 0.15) is 19.3 Å². The van der Waals surface area contributed by atoms with Gasteiger partial charge in [0.05, 0.1) is 0 Å². The first kappa shape index (κ1) is 14.7. The lowest BCUT2D eigenvalue weighted by Gasteiger charge is -2.28. The van der Waals surface area contributed by atoms with Gasteiger partial charge in [-0.1, -0.05) is 0 Å². The lowest BCUT2D eigenvalue weighted by Crippen LogP contribution is -2.33. The van der Waals surface area contributed by atoms with Crippen molar-refractivity contribution < 1.29 is 18.0 Å². The summed E-state index contributed by atoms with van der Waals surface area (Å²) in [7, 11) is 1.93. The number of halogens is 4. The van der Waals surface area contributed by atoms with Gasteiger partial charge in [0.25, 0.3) is 0 Å². The SMILES string of the molecule is CN1CCC(CC(=O)C(F)(F)F)CC1.Cl. The van der Waals surface area contributed by atoms with E-state index in [1.807, 2.05) is 7.05 Å². The molecule has 2 nitrogen and oxygen atoms in total. The minimum absolute atomic E-state index is 0. The molecule has 0 N–H and O–H groups in total. The Balaban J connectivity index is 0.00000196. The molecule has 0 aromatic carbocycles. The fraction of sp³-hybridized carbons (Fsp3) is 0.889. The van der Waals surface area contributed by atoms with E-state index in [1.165, 1.54) is 0 Å². The van der Waals surface area contributed by atoms with Crippen molar-refractivity contribution in [1.29, 1.82) is 0 Å². The molecule has 1 fully saturated rings. The van der Waals surface area contributed by atoms with Crippen LogP contribution in [0.3, 0.4) is 0 Å². The standard InChI is InChI=1S/C9H14F3NO.ClH/c1-13-4-2-7(3-5-13)6-8(14)9(10,11)12;/h7H,2-6H2,1H3;1H. The monoisotopic (exact) mass is 245 g/mol. The van der Waals surface area contributed by atoms with Gasteiger partial charge in [-0.05, 0) is 38.9 Å². The van der Waals surface area contributed by atoms with Crippen molar-refractivity contribution in [3.63, 3.8) is 0 Å². The quantitative estimate of drug-likeness (QED) is 0.744. The summed E-state index contributed by atoms with van der Waals surface area (Å²) in [6, 6.07) is 0. The van der Waals surface area contributed by atoms with Gasteiger partial charge in [0, 0.05) is 6.42 Å². The second-order valence-corrected chi connectivity index (χ2v) is 3.87. The molecule has 0 saturated carbocycles. The molecular formula is C9H15ClF3NO. The molecule has 0 aliphatic carbocycles. The highest BCUT2D eigenvalue weighted by molar-refractivity contribution is 5.85. The molecule has 6 heteroatoms. The van der Waals surface area contributed by atoms with Crippen molar-refractivity contribution in [2.45, 2.75) is 25.4 Å². The lowest BCUT2D eigenvalue weighted by atomic mass is 9.92. The summed E-state index contributed by atoms with van der Waals surface area (Å²) in [6.45, 7) is 1.58. The average molecular weight is 246 g/mol. The van der Waals surface area contributed by atoms with Crippen LogP contribution in [0.25, 0.3) is 0 Å². The Hall–Kier alpha value is -0.290. The van der Waals surface area contributed by atoms with Crippen molar-refractivity contribution in [1.82, 2.24) is 4.90 Å². The highest BCUT2D eigenvalue weighted by Crippen LogP contribution is 2.25. The maximum Gasteiger partial charge on any atom is 0.449 e. The third kappa shape index (κ3) is 4.84. The average Bonchev–Trinajstić information content (AvgIpc) is 2.07. The maximum atomic E-state index is 11.9. The fourth-order valence-corrected chi connectivity index (χ4v) is 1.64. The first-order chi connectivity index (χ1) is 6.39. The molecular weight excluding hydrogens is 231 g/mol. The zero-order chi connectivity index (χ0) is 10.8. The number of piperidine rings is 1. The fourth-order valence-electron chi connectivity index (χ4n) is 1.64. The number of carbonyl (C=O) groups excluding carboxylic acids is 1. The minimum Gasteiger partial charge on any atom is -0.306 e. The van der Waals surface area contributed by atoms with Crippen LogP contribution in [0.4, 0.5) is 13.2 Å². The zero-order valence-corrected chi connectivity index (χ0v) is 9.33. The molecule has 0 spiro atoms. The van der Waals surface area contributed by atoms with Crippen molar-refractivity contribution >= 4 is 18.2 Å². The molecule has 90 valence electrons. The van der Waals surface area contributed by atoms with Crippen LogP contribution < -0.4 is 0 Å². The maximum absolute atomic E-state index is 11.9. The van der Waals surface area contributed by atoms with Gasteiger partial charge in [0.15, 0.2) is 0 Å². The Morgan fingerprint density at radius 3 is 2.20 bits per heavy atom. The van der Waals surface area contributed by atoms with Crippen LogP contribution in [-0.2, 0) is 4.79 Å². The summed E-state index contributed by atoms with van der Waals surface area (Å²) in [5.74, 6) is -1.66. The number of hydrogen-bond acceptors (Lipinski definition) is 2. The Morgan fingerprint density at radius 1 is 1.33 bits per heavy atom. The molecule has 1 saturated heterocycles. The van der Waals surface area contributed by atoms with Gasteiger partial charge in [0.1, 0.15) is 0 Å². The van der Waals surface area contributed by atoms with Crippen molar-refractivity contribution in [2.24, 2.45) is 5.92 Å². The molecule has 1 heterocycles. The van der Waals surface area contributed by atoms with E-state index in [4.69, 9.17) is 0 Å². The summed E-state index contributed by atoms with van der Waals surface area (Å²) in [4.78, 5) is 12.7. The van der Waals surface area contributed by atoms with Crippen LogP contribution in [0.2, 0.25) is 0 Å². The van der Waals surface area contributed by atoms with Gasteiger partial charge in [0.2, 0.25) is 5.78 Å². The van der Waals surface area contributed by atoms with E-state index in [1.54, 1.807) is 0 Å². The number of nitrogens with zero attached hydrogens (tertiary/aromatic N) is 1. The Morgan fingerprint density at radius 2 is 1.80 bits per heavy atom. The van der Waals surface area contributed by atoms with Gasteiger partial charge in [-0.3, -0.25) is 4.79 Å². The van der Waals surface area contributed by atoms with Crippen molar-refractivity contribution in [2.75, 3.05) is 20.1 Å². The highest BCUT2D eigenvalue weighted by atomic mass is 35.5. The first-order valence-corrected chi connectivity index (χ1v) is 4.68. The molecule has 0 bridgehead atoms. The molecule has 0 atom stereocenters. The molecule has 0 radical (unpaired) electrons. The van der Waals surface area contributed by atoms with Crippen LogP contribution in [0.15, 0.2) is 0 Å². The Kier molecular flexibility index (Phi) is 5.59. The zero-order valence-electron chi connectivity index (χ0n) is 8.51. The van der Waals surface area contributed by atoms with E-state index < -0.39 is 12.0 Å². The second-order valence-electron chi connectivity index (χ2n) is 3.87. The number of alkyl halides is 3. The lowest BCUT2D eigenvalue weighted by molar-refractivity contribution is -0.172. The van der Waals surface area contributed by atoms with E-state index in [9.17, 15) is 18.0 Å². The van der Waals surface area contributed by atoms with Gasteiger partial charge in [-0.25, -0.2) is 0 Å². The smallest absolute Gasteiger partial charge is 0.306 e. The second kappa shape index (κ2) is 5.70. The summed E-state index contributed by atoms with van der Waals surface area (Å²) in [6.07, 6.45) is -3.60. The number of rotatable bonds is 2. The summed E-state index contributed by atoms with van der Waals surface area (Å²) < 4.78 is 35.8. The molecule has 1 aliphatic heterocycles. The largest absolute Gasteiger partial charge is 0.449 e. The molecule has 0 amide bonds. The van der Waals surface area contributed by atoms with Crippen LogP contribution in [-0.4, -0.2) is 37.0 Å². The molecule has 15 heavy (non-hydrogen) atoms. The number of ketones is 1. The van der Waals surface area contributed by atoms with Crippen LogP contribution >= 0.6 is 12.4 Å². The molecule has 0 aromatic heterocycles. The van der Waals surface area contributed by atoms with Crippen molar-refractivity contribution in [3.05, 3.63) is 0 Å². The van der Waals surface area contributed by atoms with E-state index in [0.717, 1.165) is 13.1 Å². The Labute approximate surface area is 93.2 Å². The Bertz CT molecular complexity index is 212. The highest BCUT2D eigenvalue weighted by Gasteiger charge is 2.39. The molecule has 0 aromatic rings. The van der Waals surface area contributed by atoms with Crippen LogP contribution in [0, 0.1) is 5.92 Å². The van der Waals surface area contributed by atoms with Gasteiger partial charge < -0.3 is 4.90 Å². The van der Waals surface area contributed by atoms with E-state index in [0.29, 0.717) is 12.8 Å². The number of hydrogen-bond donors (Lipinski definition) is 0. The summed E-state index contributed by atoms with van der Waals surface area (Å²) in [5.41, 5.74) is 0. The third-order valence-corrected chi connectivity index (χ3v) is 2.63. The minimum atomic E-state index is -4.65. The van der Waals surface area contributed by atoms with Gasteiger partial charge >= 0.3 is 6.18 Å². The summed E-state index contributed by atoms with van der Waals surface area (Å²) >= 11 is 0. The van der Waals surface area contributed by atoms with E-state index in [-0.39, 0.29) is 24.7 Å². The van der Waals surface area contributed by atoms with Gasteiger partial charge in [-0.2, -0.15) is 13.2 Å². The van der Waals surface area contributed by atoms with Crippen molar-refractivity contribution in [3.8, 4) is 0 Å². The van der Waals surface area contributed by atoms with E-state index in [2.05, 4.69) is 4.90 Å². The predicted octanol–water partition coefficient (Wildman–Crippen LogP) is 2.27. The van der Waals surface area contributed by atoms with Crippen LogP contribution in [0.5, 0.6) is 0 Å². The first-order valence-electron chi connectivity index (χ1n) is 4.68. The topological polar surface area (TPSA) is 20.3 Å². The van der Waals surface area contributed by atoms with E-state index >= 15 is 0 Å².